The fourth-order valence-electron chi connectivity index (χ4n) is 0. The second-order valence-corrected chi connectivity index (χ2v) is 2.86. The van der Waals surface area contributed by atoms with Crippen LogP contribution >= 0.6 is 0 Å². The van der Waals surface area contributed by atoms with Crippen LogP contribution in [-0.2, 0) is 4.43 Å². The van der Waals surface area contributed by atoms with Crippen LogP contribution in [0.3, 0.4) is 0 Å². The number of hydrogen-bond donors (Lipinski definition) is 1. The molecule has 0 saturated heterocycles. The van der Waals surface area contributed by atoms with Crippen molar-refractivity contribution in [3.05, 3.63) is 10.1 Å². The molecular weight excluding hydrogens is 236 g/mol. The summed E-state index contributed by atoms with van der Waals surface area (Å²) in [6.45, 7) is 5.92. The van der Waals surface area contributed by atoms with Gasteiger partial charge in [0.15, 0.2) is 0 Å². The highest BCUT2D eigenvalue weighted by atomic mass is 28.2. The standard InChI is InChI=1S/CH5NO2Si.CH5NOSi.2CH6Si/c1-5-2(3)4;1-3-4-2;2*1-2/h5H2,1H3;2,4H,1H3;2*1-2H3. The van der Waals surface area contributed by atoms with Gasteiger partial charge in [0.2, 0.25) is 0 Å². The van der Waals surface area contributed by atoms with E-state index in [1.807, 2.05) is 0 Å². The molecule has 5 nitrogen and oxygen atoms in total. The zero-order valence-corrected chi connectivity index (χ0v) is 16.0. The number of hydrogen-bond acceptors (Lipinski definition) is 4. The van der Waals surface area contributed by atoms with Crippen molar-refractivity contribution in [1.29, 1.82) is 5.05 Å². The smallest absolute Gasteiger partial charge is 0.395 e. The highest BCUT2D eigenvalue weighted by molar-refractivity contribution is 6.22. The predicted octanol–water partition coefficient (Wildman–Crippen LogP) is -2.06. The Balaban J connectivity index is -0.0000000457. The van der Waals surface area contributed by atoms with Crippen LogP contribution in [0.2, 0.25) is 19.6 Å². The summed E-state index contributed by atoms with van der Waals surface area (Å²) in [6.07, 6.45) is 0. The fraction of sp³-hybridized carbons (Fsp3) is 1.00. The predicted molar refractivity (Wildman–Crippen MR) is 69.9 cm³/mol. The largest absolute Gasteiger partial charge is 0.543 e. The lowest BCUT2D eigenvalue weighted by Gasteiger charge is -1.74. The monoisotopic (exact) mass is 258 g/mol. The maximum atomic E-state index is 9.24. The zero-order valence-electron chi connectivity index (χ0n) is 9.46. The van der Waals surface area contributed by atoms with Gasteiger partial charge in [-0.2, -0.15) is 0 Å². The van der Waals surface area contributed by atoms with E-state index in [1.54, 1.807) is 6.55 Å². The van der Waals surface area contributed by atoms with Gasteiger partial charge < -0.3 is 9.48 Å². The average molecular weight is 259 g/mol. The van der Waals surface area contributed by atoms with Crippen molar-refractivity contribution in [2.75, 3.05) is 7.11 Å². The van der Waals surface area contributed by atoms with Gasteiger partial charge in [-0.25, -0.2) is 0 Å². The van der Waals surface area contributed by atoms with Gasteiger partial charge in [0, 0.05) is 0 Å². The maximum absolute atomic E-state index is 9.24. The van der Waals surface area contributed by atoms with Gasteiger partial charge >= 0.3 is 19.2 Å². The van der Waals surface area contributed by atoms with Crippen molar-refractivity contribution in [2.45, 2.75) is 19.6 Å². The minimum atomic E-state index is -0.929. The lowest BCUT2D eigenvalue weighted by molar-refractivity contribution is -0.320. The molecule has 82 valence electrons. The molecule has 0 heterocycles. The maximum Gasteiger partial charge on any atom is 0.395 e. The molecule has 0 spiro atoms. The van der Waals surface area contributed by atoms with Crippen molar-refractivity contribution in [3.8, 4) is 0 Å². The third-order valence-corrected chi connectivity index (χ3v) is 1.13. The summed E-state index contributed by atoms with van der Waals surface area (Å²) in [7, 11) is 2.74. The molecule has 0 unspecified atom stereocenters. The highest BCUT2D eigenvalue weighted by Crippen LogP contribution is 1.53. The van der Waals surface area contributed by atoms with E-state index in [0.717, 1.165) is 0 Å². The van der Waals surface area contributed by atoms with Gasteiger partial charge in [0.25, 0.3) is 0 Å². The van der Waals surface area contributed by atoms with E-state index in [9.17, 15) is 10.1 Å². The molecule has 0 amide bonds. The van der Waals surface area contributed by atoms with Crippen molar-refractivity contribution in [2.24, 2.45) is 0 Å². The van der Waals surface area contributed by atoms with Crippen molar-refractivity contribution >= 4 is 39.7 Å². The van der Waals surface area contributed by atoms with Crippen molar-refractivity contribution in [3.63, 3.8) is 0 Å². The first-order valence-electron chi connectivity index (χ1n) is 4.32. The first-order valence-corrected chi connectivity index (χ1v) is 11.4. The summed E-state index contributed by atoms with van der Waals surface area (Å²) >= 11 is 0. The van der Waals surface area contributed by atoms with Gasteiger partial charge in [0.05, 0.1) is 7.11 Å². The van der Waals surface area contributed by atoms with Crippen LogP contribution in [0.25, 0.3) is 0 Å². The van der Waals surface area contributed by atoms with Gasteiger partial charge in [-0.05, 0) is 27.0 Å². The Morgan fingerprint density at radius 1 is 1.46 bits per heavy atom. The summed E-state index contributed by atoms with van der Waals surface area (Å²) in [6, 6.07) is 0. The second-order valence-electron chi connectivity index (χ2n) is 1.00. The molecule has 0 aliphatic rings. The summed E-state index contributed by atoms with van der Waals surface area (Å²) in [5.74, 6) is 0. The first-order chi connectivity index (χ1) is 6.18. The molecule has 0 aliphatic carbocycles. The molecule has 0 bridgehead atoms. The molecule has 0 fully saturated rings. The zero-order chi connectivity index (χ0) is 11.7. The van der Waals surface area contributed by atoms with E-state index in [2.05, 4.69) is 17.5 Å². The van der Waals surface area contributed by atoms with Crippen LogP contribution in [-0.4, -0.2) is 51.4 Å². The third-order valence-electron chi connectivity index (χ3n) is 0.376. The van der Waals surface area contributed by atoms with Crippen LogP contribution < -0.4 is 0 Å². The van der Waals surface area contributed by atoms with E-state index in [1.165, 1.54) is 27.6 Å². The quantitative estimate of drug-likeness (QED) is 0.352. The van der Waals surface area contributed by atoms with Crippen LogP contribution in [0.4, 0.5) is 0 Å². The number of rotatable bonds is 2. The Kier molecular flexibility index (Phi) is 72.2. The van der Waals surface area contributed by atoms with Crippen LogP contribution in [0, 0.1) is 15.2 Å². The minimum absolute atomic E-state index is 0.236. The Hall–Kier alpha value is -0.132. The van der Waals surface area contributed by atoms with Crippen LogP contribution in [0.15, 0.2) is 0 Å². The van der Waals surface area contributed by atoms with Gasteiger partial charge in [-0.15, -0.1) is 0 Å². The summed E-state index contributed by atoms with van der Waals surface area (Å²) in [5, 5.41) is 15.5. The molecule has 0 aliphatic heterocycles. The van der Waals surface area contributed by atoms with Crippen LogP contribution in [0.5, 0.6) is 0 Å². The molecule has 1 N–H and O–H groups in total. The molecular formula is C4H22N2O3Si4. The molecule has 13 heavy (non-hydrogen) atoms. The molecule has 0 rings (SSSR count). The van der Waals surface area contributed by atoms with Crippen molar-refractivity contribution in [1.82, 2.24) is 0 Å². The molecule has 0 aromatic heterocycles. The Bertz CT molecular complexity index is 95.5. The van der Waals surface area contributed by atoms with E-state index >= 15 is 0 Å². The molecule has 0 aromatic rings. The third kappa shape index (κ3) is 141. The van der Waals surface area contributed by atoms with E-state index in [0.29, 0.717) is 0 Å². The Labute approximate surface area is 91.0 Å². The number of nitro groups is 1. The first kappa shape index (κ1) is 23.0. The number of nitrogens with one attached hydrogen (secondary N) is 1. The molecule has 0 aromatic carbocycles. The lowest BCUT2D eigenvalue weighted by atomic mass is 11.8. The molecule has 0 atom stereocenters. The lowest BCUT2D eigenvalue weighted by Crippen LogP contribution is -1.97. The molecule has 9 heteroatoms. The molecule has 0 saturated carbocycles. The Morgan fingerprint density at radius 3 is 1.62 bits per heavy atom. The SMILES string of the molecule is CO[SiH]=N.C[SiH2][N+](=O)[O-].C[SiH3].C[SiH3]. The molecule has 0 radical (unpaired) electrons. The average Bonchev–Trinajstić information content (AvgIpc) is 2.24. The van der Waals surface area contributed by atoms with E-state index in [-0.39, 0.29) is 4.59 Å². The minimum Gasteiger partial charge on any atom is -0.543 e. The van der Waals surface area contributed by atoms with Gasteiger partial charge in [-0.3, -0.25) is 10.1 Å². The summed E-state index contributed by atoms with van der Waals surface area (Å²) < 4.78 is 4.06. The Morgan fingerprint density at radius 2 is 1.62 bits per heavy atom. The summed E-state index contributed by atoms with van der Waals surface area (Å²) in [5.41, 5.74) is 0. The van der Waals surface area contributed by atoms with Gasteiger partial charge in [0.1, 0.15) is 0 Å². The normalized spacial score (nSPS) is 6.77. The highest BCUT2D eigenvalue weighted by Gasteiger charge is 1.81. The second kappa shape index (κ2) is 40.7. The topological polar surface area (TPSA) is 76.2 Å². The van der Waals surface area contributed by atoms with Crippen molar-refractivity contribution < 1.29 is 9.01 Å². The fourth-order valence-corrected chi connectivity index (χ4v) is 0. The number of nitrogens with zero attached hydrogens (tertiary/aromatic N) is 1. The van der Waals surface area contributed by atoms with E-state index < -0.39 is 19.2 Å². The summed E-state index contributed by atoms with van der Waals surface area (Å²) in [4.78, 5) is 9.24. The van der Waals surface area contributed by atoms with Crippen LogP contribution in [0.1, 0.15) is 0 Å². The van der Waals surface area contributed by atoms with E-state index in [4.69, 9.17) is 5.05 Å². The van der Waals surface area contributed by atoms with Gasteiger partial charge in [-0.1, -0.05) is 17.7 Å².